The minimum Gasteiger partial charge on any atom is -0.441 e. The van der Waals surface area contributed by atoms with Crippen molar-refractivity contribution in [1.29, 1.82) is 0 Å². The van der Waals surface area contributed by atoms with Crippen molar-refractivity contribution in [2.24, 2.45) is 0 Å². The van der Waals surface area contributed by atoms with Gasteiger partial charge in [0, 0.05) is 18.7 Å². The number of aliphatic hydroxyl groups excluding tert-OH is 4. The summed E-state index contributed by atoms with van der Waals surface area (Å²) in [4.78, 5) is 24.8. The van der Waals surface area contributed by atoms with Crippen LogP contribution in [0.3, 0.4) is 0 Å². The number of unbranched alkanes of at least 4 members (excludes halogenated alkanes) is 9. The van der Waals surface area contributed by atoms with Crippen LogP contribution in [-0.2, 0) is 9.47 Å². The molecule has 1 aliphatic heterocycles. The van der Waals surface area contributed by atoms with Crippen LogP contribution in [-0.4, -0.2) is 80.1 Å². The van der Waals surface area contributed by atoms with Crippen LogP contribution in [0.5, 0.6) is 0 Å². The van der Waals surface area contributed by atoms with Crippen LogP contribution in [0.4, 0.5) is 10.5 Å². The Bertz CT molecular complexity index is 836. The van der Waals surface area contributed by atoms with Gasteiger partial charge in [0.1, 0.15) is 30.5 Å². The number of amides is 1. The smallest absolute Gasteiger partial charge is 0.412 e. The van der Waals surface area contributed by atoms with E-state index in [2.05, 4.69) is 6.92 Å². The second-order valence-electron chi connectivity index (χ2n) is 9.97. The van der Waals surface area contributed by atoms with Crippen molar-refractivity contribution in [3.63, 3.8) is 0 Å². The molecule has 1 heterocycles. The van der Waals surface area contributed by atoms with Crippen LogP contribution < -0.4 is 0 Å². The highest BCUT2D eigenvalue weighted by Crippen LogP contribution is 2.27. The Labute approximate surface area is 224 Å². The van der Waals surface area contributed by atoms with E-state index >= 15 is 0 Å². The van der Waals surface area contributed by atoms with E-state index in [1.165, 1.54) is 61.3 Å². The Morgan fingerprint density at radius 2 is 1.53 bits per heavy atom. The first kappa shape index (κ1) is 31.9. The molecule has 0 saturated carbocycles. The number of nitro benzene ring substituents is 1. The molecule has 2 unspecified atom stereocenters. The maximum atomic E-state index is 13.2. The number of carbonyl (C=O) groups excluding carboxylic acids is 1. The van der Waals surface area contributed by atoms with Crippen molar-refractivity contribution in [2.75, 3.05) is 13.2 Å². The van der Waals surface area contributed by atoms with Gasteiger partial charge in [-0.2, -0.15) is 0 Å². The predicted molar refractivity (Wildman–Crippen MR) is 140 cm³/mol. The van der Waals surface area contributed by atoms with E-state index < -0.39 is 54.4 Å². The average Bonchev–Trinajstić information content (AvgIpc) is 2.91. The normalized spacial score (nSPS) is 24.1. The second kappa shape index (κ2) is 16.6. The van der Waals surface area contributed by atoms with E-state index in [-0.39, 0.29) is 12.2 Å². The van der Waals surface area contributed by atoms with Gasteiger partial charge in [-0.25, -0.2) is 4.79 Å². The Hall–Kier alpha value is -2.31. The Kier molecular flexibility index (Phi) is 13.9. The van der Waals surface area contributed by atoms with Gasteiger partial charge in [0.15, 0.2) is 6.23 Å². The molecule has 1 aliphatic rings. The third kappa shape index (κ3) is 9.46. The molecule has 0 aromatic heterocycles. The van der Waals surface area contributed by atoms with E-state index in [0.29, 0.717) is 12.0 Å². The number of benzene rings is 1. The van der Waals surface area contributed by atoms with Crippen LogP contribution in [0.25, 0.3) is 0 Å². The number of aliphatic hydroxyl groups is 4. The largest absolute Gasteiger partial charge is 0.441 e. The Morgan fingerprint density at radius 3 is 2.05 bits per heavy atom. The molecule has 1 aromatic carbocycles. The van der Waals surface area contributed by atoms with E-state index in [1.54, 1.807) is 6.92 Å². The summed E-state index contributed by atoms with van der Waals surface area (Å²) in [5.74, 6) is 0. The highest BCUT2D eigenvalue weighted by Gasteiger charge is 2.47. The molecule has 38 heavy (non-hydrogen) atoms. The van der Waals surface area contributed by atoms with Gasteiger partial charge in [0.2, 0.25) is 0 Å². The number of hydrogen-bond donors (Lipinski definition) is 4. The molecule has 0 radical (unpaired) electrons. The van der Waals surface area contributed by atoms with Crippen molar-refractivity contribution in [2.45, 2.75) is 115 Å². The van der Waals surface area contributed by atoms with E-state index in [1.807, 2.05) is 0 Å². The van der Waals surface area contributed by atoms with Gasteiger partial charge in [-0.1, -0.05) is 64.7 Å². The molecule has 1 amide bonds. The highest BCUT2D eigenvalue weighted by molar-refractivity contribution is 5.68. The number of carbonyl (C=O) groups is 1. The zero-order chi connectivity index (χ0) is 28.1. The number of nitro groups is 1. The second-order valence-corrected chi connectivity index (χ2v) is 9.97. The lowest BCUT2D eigenvalue weighted by molar-refractivity contribution is -0.384. The van der Waals surface area contributed by atoms with E-state index in [0.717, 1.165) is 25.7 Å². The molecule has 2 rings (SSSR count). The number of non-ortho nitro benzene ring substituents is 1. The Balaban J connectivity index is 2.01. The molecule has 4 N–H and O–H groups in total. The fraction of sp³-hybridized carbons (Fsp3) is 0.741. The SMILES string of the molecule is CCCCCCCCCCCCN(C(=O)OC(C)c1ccc([N+](=O)[O-])cc1)C1O[C@H](CO)[C@@H](O)[C@H](O)[C@H]1O. The Morgan fingerprint density at radius 1 is 0.974 bits per heavy atom. The summed E-state index contributed by atoms with van der Waals surface area (Å²) < 4.78 is 11.2. The molecule has 0 aliphatic carbocycles. The van der Waals surface area contributed by atoms with Crippen LogP contribution >= 0.6 is 0 Å². The molecular formula is C27H44N2O9. The maximum Gasteiger partial charge on any atom is 0.412 e. The van der Waals surface area contributed by atoms with Crippen molar-refractivity contribution in [1.82, 2.24) is 4.90 Å². The first-order valence-corrected chi connectivity index (χ1v) is 13.7. The molecule has 0 bridgehead atoms. The molecule has 6 atom stereocenters. The predicted octanol–water partition coefficient (Wildman–Crippen LogP) is 3.82. The molecular weight excluding hydrogens is 496 g/mol. The lowest BCUT2D eigenvalue weighted by Gasteiger charge is -2.44. The maximum absolute atomic E-state index is 13.2. The monoisotopic (exact) mass is 540 g/mol. The minimum absolute atomic E-state index is 0.0869. The summed E-state index contributed by atoms with van der Waals surface area (Å²) in [6.07, 6.45) is 2.07. The number of rotatable bonds is 16. The van der Waals surface area contributed by atoms with Crippen molar-refractivity contribution in [3.05, 3.63) is 39.9 Å². The van der Waals surface area contributed by atoms with Crippen molar-refractivity contribution < 1.29 is 39.6 Å². The fourth-order valence-electron chi connectivity index (χ4n) is 4.59. The third-order valence-corrected chi connectivity index (χ3v) is 7.01. The van der Waals surface area contributed by atoms with Crippen LogP contribution in [0.1, 0.15) is 89.7 Å². The van der Waals surface area contributed by atoms with Gasteiger partial charge in [0.25, 0.3) is 5.69 Å². The molecule has 1 saturated heterocycles. The van der Waals surface area contributed by atoms with Gasteiger partial charge >= 0.3 is 6.09 Å². The summed E-state index contributed by atoms with van der Waals surface area (Å²) in [5.41, 5.74) is 0.452. The van der Waals surface area contributed by atoms with Crippen LogP contribution in [0.2, 0.25) is 0 Å². The van der Waals surface area contributed by atoms with Crippen LogP contribution in [0.15, 0.2) is 24.3 Å². The molecule has 11 nitrogen and oxygen atoms in total. The van der Waals surface area contributed by atoms with Gasteiger partial charge in [-0.05, 0) is 31.0 Å². The average molecular weight is 541 g/mol. The molecule has 0 spiro atoms. The topological polar surface area (TPSA) is 163 Å². The summed E-state index contributed by atoms with van der Waals surface area (Å²) in [6.45, 7) is 3.37. The fourth-order valence-corrected chi connectivity index (χ4v) is 4.59. The standard InChI is InChI=1S/C27H44N2O9/c1-3-4-5-6-7-8-9-10-11-12-17-28(26-25(33)24(32)23(31)22(18-30)38-26)27(34)37-19(2)20-13-15-21(16-14-20)29(35)36/h13-16,19,22-26,30-33H,3-12,17-18H2,1-2H3/t19?,22-,23-,24+,25-,26?/m1/s1. The summed E-state index contributed by atoms with van der Waals surface area (Å²) >= 11 is 0. The van der Waals surface area contributed by atoms with Gasteiger partial charge in [0.05, 0.1) is 11.5 Å². The van der Waals surface area contributed by atoms with E-state index in [4.69, 9.17) is 9.47 Å². The summed E-state index contributed by atoms with van der Waals surface area (Å²) in [6, 6.07) is 5.63. The third-order valence-electron chi connectivity index (χ3n) is 7.01. The summed E-state index contributed by atoms with van der Waals surface area (Å²) in [5, 5.41) is 51.5. The lowest BCUT2D eigenvalue weighted by Crippen LogP contribution is -2.64. The van der Waals surface area contributed by atoms with Gasteiger partial charge < -0.3 is 29.9 Å². The highest BCUT2D eigenvalue weighted by atomic mass is 16.6. The first-order valence-electron chi connectivity index (χ1n) is 13.7. The number of hydrogen-bond acceptors (Lipinski definition) is 9. The van der Waals surface area contributed by atoms with Gasteiger partial charge in [-0.15, -0.1) is 0 Å². The van der Waals surface area contributed by atoms with Crippen molar-refractivity contribution in [3.8, 4) is 0 Å². The molecule has 1 aromatic rings. The lowest BCUT2D eigenvalue weighted by atomic mass is 9.97. The molecule has 1 fully saturated rings. The molecule has 216 valence electrons. The summed E-state index contributed by atoms with van der Waals surface area (Å²) in [7, 11) is 0. The molecule has 11 heteroatoms. The number of ether oxygens (including phenoxy) is 2. The zero-order valence-electron chi connectivity index (χ0n) is 22.5. The van der Waals surface area contributed by atoms with Crippen LogP contribution in [0, 0.1) is 10.1 Å². The van der Waals surface area contributed by atoms with E-state index in [9.17, 15) is 35.3 Å². The zero-order valence-corrected chi connectivity index (χ0v) is 22.5. The first-order chi connectivity index (χ1) is 18.2. The van der Waals surface area contributed by atoms with Gasteiger partial charge in [-0.3, -0.25) is 15.0 Å². The number of nitrogens with zero attached hydrogens (tertiary/aromatic N) is 2. The van der Waals surface area contributed by atoms with Crippen molar-refractivity contribution >= 4 is 11.8 Å². The quantitative estimate of drug-likeness (QED) is 0.139. The minimum atomic E-state index is -1.62.